The summed E-state index contributed by atoms with van der Waals surface area (Å²) in [5.74, 6) is 0. The number of hydrogen-bond acceptors (Lipinski definition) is 3. The van der Waals surface area contributed by atoms with Gasteiger partial charge in [0.15, 0.2) is 0 Å². The number of aliphatic hydroxyl groups excluding tert-OH is 1. The first-order valence-corrected chi connectivity index (χ1v) is 6.05. The van der Waals surface area contributed by atoms with E-state index in [0.29, 0.717) is 28.0 Å². The van der Waals surface area contributed by atoms with E-state index in [1.807, 2.05) is 0 Å². The predicted molar refractivity (Wildman–Crippen MR) is 70.2 cm³/mol. The standard InChI is InChI=1S/C12H12Cl2N2O2/c1-18-7-11-10(6-17)12(14)16(15-11)9-4-2-8(13)3-5-9/h2-5,17H,6-7H2,1H3. The Hall–Kier alpha value is -1.07. The Bertz CT molecular complexity index is 538. The molecule has 1 heterocycles. The molecule has 0 aliphatic heterocycles. The van der Waals surface area contributed by atoms with Crippen LogP contribution in [0.3, 0.4) is 0 Å². The number of nitrogens with zero attached hydrogens (tertiary/aromatic N) is 2. The Morgan fingerprint density at radius 2 is 1.94 bits per heavy atom. The second kappa shape index (κ2) is 5.71. The van der Waals surface area contributed by atoms with Gasteiger partial charge < -0.3 is 9.84 Å². The van der Waals surface area contributed by atoms with Gasteiger partial charge in [0.2, 0.25) is 0 Å². The van der Waals surface area contributed by atoms with Crippen molar-refractivity contribution in [3.05, 3.63) is 45.7 Å². The minimum Gasteiger partial charge on any atom is -0.391 e. The average Bonchev–Trinajstić information content (AvgIpc) is 2.67. The third-order valence-electron chi connectivity index (χ3n) is 2.51. The molecule has 0 spiro atoms. The van der Waals surface area contributed by atoms with Crippen molar-refractivity contribution < 1.29 is 9.84 Å². The van der Waals surface area contributed by atoms with Crippen LogP contribution in [0.4, 0.5) is 0 Å². The fourth-order valence-electron chi connectivity index (χ4n) is 1.63. The van der Waals surface area contributed by atoms with Gasteiger partial charge in [-0.05, 0) is 24.3 Å². The predicted octanol–water partition coefficient (Wildman–Crippen LogP) is 2.82. The van der Waals surface area contributed by atoms with E-state index in [1.54, 1.807) is 36.1 Å². The summed E-state index contributed by atoms with van der Waals surface area (Å²) in [4.78, 5) is 0. The van der Waals surface area contributed by atoms with E-state index >= 15 is 0 Å². The summed E-state index contributed by atoms with van der Waals surface area (Å²) < 4.78 is 6.58. The first-order chi connectivity index (χ1) is 8.67. The van der Waals surface area contributed by atoms with Crippen molar-refractivity contribution in [3.63, 3.8) is 0 Å². The Kier molecular flexibility index (Phi) is 4.24. The number of aromatic nitrogens is 2. The van der Waals surface area contributed by atoms with E-state index in [1.165, 1.54) is 0 Å². The summed E-state index contributed by atoms with van der Waals surface area (Å²) >= 11 is 12.0. The normalized spacial score (nSPS) is 10.9. The minimum absolute atomic E-state index is 0.175. The van der Waals surface area contributed by atoms with Gasteiger partial charge in [0.05, 0.1) is 24.6 Å². The fraction of sp³-hybridized carbons (Fsp3) is 0.250. The van der Waals surface area contributed by atoms with E-state index < -0.39 is 0 Å². The molecule has 18 heavy (non-hydrogen) atoms. The van der Waals surface area contributed by atoms with Crippen LogP contribution in [0, 0.1) is 0 Å². The molecule has 1 aromatic carbocycles. The average molecular weight is 287 g/mol. The molecule has 2 aromatic rings. The first-order valence-electron chi connectivity index (χ1n) is 5.29. The summed E-state index contributed by atoms with van der Waals surface area (Å²) in [7, 11) is 1.57. The molecule has 0 aliphatic carbocycles. The molecule has 1 aromatic heterocycles. The van der Waals surface area contributed by atoms with Crippen molar-refractivity contribution in [2.45, 2.75) is 13.2 Å². The number of aliphatic hydroxyl groups is 1. The Morgan fingerprint density at radius 3 is 2.50 bits per heavy atom. The molecule has 2 rings (SSSR count). The molecule has 0 amide bonds. The molecule has 0 radical (unpaired) electrons. The number of benzene rings is 1. The number of halogens is 2. The molecule has 0 saturated carbocycles. The van der Waals surface area contributed by atoms with Crippen LogP contribution in [0.25, 0.3) is 5.69 Å². The van der Waals surface area contributed by atoms with Gasteiger partial charge in [-0.3, -0.25) is 0 Å². The molecule has 0 atom stereocenters. The topological polar surface area (TPSA) is 47.3 Å². The summed E-state index contributed by atoms with van der Waals surface area (Å²) in [6, 6.07) is 7.12. The quantitative estimate of drug-likeness (QED) is 0.940. The lowest BCUT2D eigenvalue weighted by molar-refractivity contribution is 0.178. The smallest absolute Gasteiger partial charge is 0.138 e. The Morgan fingerprint density at radius 1 is 1.28 bits per heavy atom. The summed E-state index contributed by atoms with van der Waals surface area (Å²) in [5.41, 5.74) is 1.98. The van der Waals surface area contributed by atoms with Gasteiger partial charge in [0, 0.05) is 17.7 Å². The highest BCUT2D eigenvalue weighted by molar-refractivity contribution is 6.31. The van der Waals surface area contributed by atoms with Crippen molar-refractivity contribution >= 4 is 23.2 Å². The first kappa shape index (κ1) is 13.4. The lowest BCUT2D eigenvalue weighted by Crippen LogP contribution is -1.97. The second-order valence-corrected chi connectivity index (χ2v) is 4.49. The molecular formula is C12H12Cl2N2O2. The Balaban J connectivity index is 2.47. The summed E-state index contributed by atoms with van der Waals surface area (Å²) in [5, 5.41) is 14.7. The molecule has 6 heteroatoms. The van der Waals surface area contributed by atoms with Crippen LogP contribution >= 0.6 is 23.2 Å². The van der Waals surface area contributed by atoms with Gasteiger partial charge in [0.1, 0.15) is 5.15 Å². The van der Waals surface area contributed by atoms with Gasteiger partial charge in [-0.15, -0.1) is 0 Å². The zero-order valence-electron chi connectivity index (χ0n) is 9.73. The number of ether oxygens (including phenoxy) is 1. The minimum atomic E-state index is -0.175. The van der Waals surface area contributed by atoms with Crippen molar-refractivity contribution in [1.82, 2.24) is 9.78 Å². The third kappa shape index (κ3) is 2.52. The Labute approximate surface area is 115 Å². The highest BCUT2D eigenvalue weighted by Gasteiger charge is 2.16. The van der Waals surface area contributed by atoms with Gasteiger partial charge >= 0.3 is 0 Å². The van der Waals surface area contributed by atoms with Crippen LogP contribution in [0.5, 0.6) is 0 Å². The van der Waals surface area contributed by atoms with E-state index in [4.69, 9.17) is 27.9 Å². The van der Waals surface area contributed by atoms with Crippen molar-refractivity contribution in [2.75, 3.05) is 7.11 Å². The van der Waals surface area contributed by atoms with Gasteiger partial charge in [-0.25, -0.2) is 4.68 Å². The number of methoxy groups -OCH3 is 1. The lowest BCUT2D eigenvalue weighted by Gasteiger charge is -2.03. The van der Waals surface area contributed by atoms with E-state index in [2.05, 4.69) is 5.10 Å². The van der Waals surface area contributed by atoms with Crippen LogP contribution in [-0.2, 0) is 18.0 Å². The van der Waals surface area contributed by atoms with Crippen molar-refractivity contribution in [3.8, 4) is 5.69 Å². The second-order valence-electron chi connectivity index (χ2n) is 3.70. The van der Waals surface area contributed by atoms with E-state index in [-0.39, 0.29) is 6.61 Å². The van der Waals surface area contributed by atoms with Gasteiger partial charge in [0.25, 0.3) is 0 Å². The fourth-order valence-corrected chi connectivity index (χ4v) is 2.06. The molecular weight excluding hydrogens is 275 g/mol. The van der Waals surface area contributed by atoms with Gasteiger partial charge in [-0.1, -0.05) is 23.2 Å². The molecule has 0 unspecified atom stereocenters. The van der Waals surface area contributed by atoms with E-state index in [9.17, 15) is 5.11 Å². The zero-order valence-corrected chi connectivity index (χ0v) is 11.2. The number of rotatable bonds is 4. The maximum Gasteiger partial charge on any atom is 0.138 e. The monoisotopic (exact) mass is 286 g/mol. The summed E-state index contributed by atoms with van der Waals surface area (Å²) in [6.07, 6.45) is 0. The molecule has 0 fully saturated rings. The molecule has 4 nitrogen and oxygen atoms in total. The van der Waals surface area contributed by atoms with Crippen LogP contribution in [-0.4, -0.2) is 22.0 Å². The maximum absolute atomic E-state index is 9.32. The van der Waals surface area contributed by atoms with E-state index in [0.717, 1.165) is 5.69 Å². The largest absolute Gasteiger partial charge is 0.391 e. The summed E-state index contributed by atoms with van der Waals surface area (Å²) in [6.45, 7) is 0.126. The van der Waals surface area contributed by atoms with Gasteiger partial charge in [-0.2, -0.15) is 5.10 Å². The lowest BCUT2D eigenvalue weighted by atomic mass is 10.2. The van der Waals surface area contributed by atoms with Crippen LogP contribution in [0.15, 0.2) is 24.3 Å². The SMILES string of the molecule is COCc1nn(-c2ccc(Cl)cc2)c(Cl)c1CO. The van der Waals surface area contributed by atoms with Crippen molar-refractivity contribution in [1.29, 1.82) is 0 Å². The number of hydrogen-bond donors (Lipinski definition) is 1. The molecule has 0 aliphatic rings. The zero-order chi connectivity index (χ0) is 13.1. The maximum atomic E-state index is 9.32. The van der Waals surface area contributed by atoms with Crippen LogP contribution < -0.4 is 0 Å². The molecule has 96 valence electrons. The molecule has 0 bridgehead atoms. The third-order valence-corrected chi connectivity index (χ3v) is 3.15. The highest BCUT2D eigenvalue weighted by atomic mass is 35.5. The van der Waals surface area contributed by atoms with Crippen molar-refractivity contribution in [2.24, 2.45) is 0 Å². The molecule has 0 saturated heterocycles. The highest BCUT2D eigenvalue weighted by Crippen LogP contribution is 2.25. The molecule has 1 N–H and O–H groups in total. The van der Waals surface area contributed by atoms with Crippen LogP contribution in [0.2, 0.25) is 10.2 Å². The van der Waals surface area contributed by atoms with Crippen LogP contribution in [0.1, 0.15) is 11.3 Å².